The normalized spacial score (nSPS) is 51.1. The number of benzene rings is 1. The first-order chi connectivity index (χ1) is 17.9. The summed E-state index contributed by atoms with van der Waals surface area (Å²) in [6, 6.07) is 7.35. The highest BCUT2D eigenvalue weighted by molar-refractivity contribution is 6.26. The summed E-state index contributed by atoms with van der Waals surface area (Å²) in [5.41, 5.74) is 9.82. The molecule has 0 spiro atoms. The van der Waals surface area contributed by atoms with Gasteiger partial charge >= 0.3 is 0 Å². The number of carbonyl (C=O) groups excluding carboxylic acids is 1. The molecule has 1 aromatic rings. The van der Waals surface area contributed by atoms with Crippen molar-refractivity contribution in [2.45, 2.75) is 110 Å². The smallest absolute Gasteiger partial charge is 0.190 e. The van der Waals surface area contributed by atoms with E-state index in [-0.39, 0.29) is 5.41 Å². The van der Waals surface area contributed by atoms with Gasteiger partial charge in [0.15, 0.2) is 5.78 Å². The Labute approximate surface area is 229 Å². The average molecular weight is 505 g/mol. The van der Waals surface area contributed by atoms with Gasteiger partial charge in [-0.2, -0.15) is 0 Å². The minimum atomic E-state index is 0.104. The van der Waals surface area contributed by atoms with Crippen LogP contribution < -0.4 is 0 Å². The fourth-order valence-electron chi connectivity index (χ4n) is 14.3. The highest BCUT2D eigenvalue weighted by Gasteiger charge is 2.63. The molecule has 0 saturated heterocycles. The number of allylic oxidation sites excluding steroid dienone is 5. The first-order valence-electron chi connectivity index (χ1n) is 15.7. The Hall–Kier alpha value is -1.89. The van der Waals surface area contributed by atoms with Crippen molar-refractivity contribution in [3.63, 3.8) is 0 Å². The molecule has 8 saturated carbocycles. The fourth-order valence-corrected chi connectivity index (χ4v) is 14.3. The molecule has 1 nitrogen and oxygen atoms in total. The molecule has 10 aliphatic carbocycles. The van der Waals surface area contributed by atoms with Gasteiger partial charge in [0, 0.05) is 16.6 Å². The molecule has 38 heavy (non-hydrogen) atoms. The largest absolute Gasteiger partial charge is 0.289 e. The maximum atomic E-state index is 14.3. The Morgan fingerprint density at radius 2 is 1.18 bits per heavy atom. The SMILES string of the molecule is CC12CC3CC(C)(C1)CC(C1=CC=C4C(=Cc5cc(C67CC8CC(C)(CC(C)(C8)C6)C7)ccc54)C1=O)(C3)C2. The minimum absolute atomic E-state index is 0.104. The van der Waals surface area contributed by atoms with Crippen molar-refractivity contribution < 1.29 is 4.79 Å². The van der Waals surface area contributed by atoms with Crippen LogP contribution in [0.25, 0.3) is 11.6 Å². The molecule has 4 atom stereocenters. The third-order valence-electron chi connectivity index (χ3n) is 13.3. The summed E-state index contributed by atoms with van der Waals surface area (Å²) in [6.07, 6.45) is 23.1. The zero-order chi connectivity index (χ0) is 25.9. The molecule has 0 amide bonds. The zero-order valence-corrected chi connectivity index (χ0v) is 24.0. The average Bonchev–Trinajstić information content (AvgIpc) is 3.13. The zero-order valence-electron chi connectivity index (χ0n) is 24.0. The molecule has 11 rings (SSSR count). The third kappa shape index (κ3) is 2.87. The fraction of sp³-hybridized carbons (Fsp3) is 0.649. The van der Waals surface area contributed by atoms with E-state index < -0.39 is 0 Å². The third-order valence-corrected chi connectivity index (χ3v) is 13.3. The molecule has 0 radical (unpaired) electrons. The lowest BCUT2D eigenvalue weighted by Gasteiger charge is -2.66. The minimum Gasteiger partial charge on any atom is -0.289 e. The number of hydrogen-bond acceptors (Lipinski definition) is 1. The number of hydrogen-bond donors (Lipinski definition) is 0. The molecule has 8 fully saturated rings. The van der Waals surface area contributed by atoms with Crippen LogP contribution in [0.15, 0.2) is 41.5 Å². The van der Waals surface area contributed by atoms with Crippen molar-refractivity contribution in [3.8, 4) is 0 Å². The number of fused-ring (bicyclic) bond motifs is 3. The Balaban J connectivity index is 1.09. The van der Waals surface area contributed by atoms with Crippen molar-refractivity contribution in [2.24, 2.45) is 38.9 Å². The predicted molar refractivity (Wildman–Crippen MR) is 154 cm³/mol. The van der Waals surface area contributed by atoms with Crippen molar-refractivity contribution in [1.82, 2.24) is 0 Å². The van der Waals surface area contributed by atoms with Crippen LogP contribution in [-0.4, -0.2) is 5.78 Å². The summed E-state index contributed by atoms with van der Waals surface area (Å²) in [7, 11) is 0. The molecule has 0 heterocycles. The highest BCUT2D eigenvalue weighted by atomic mass is 16.1. The van der Waals surface area contributed by atoms with Crippen LogP contribution in [0.2, 0.25) is 0 Å². The van der Waals surface area contributed by atoms with Gasteiger partial charge in [-0.15, -0.1) is 0 Å². The van der Waals surface area contributed by atoms with E-state index in [2.05, 4.69) is 64.1 Å². The molecule has 8 bridgehead atoms. The first kappa shape index (κ1) is 22.9. The number of carbonyl (C=O) groups is 1. The van der Waals surface area contributed by atoms with Gasteiger partial charge in [0.25, 0.3) is 0 Å². The highest BCUT2D eigenvalue weighted by Crippen LogP contribution is 2.72. The van der Waals surface area contributed by atoms with Crippen LogP contribution in [0, 0.1) is 38.9 Å². The van der Waals surface area contributed by atoms with Crippen LogP contribution in [-0.2, 0) is 10.2 Å². The van der Waals surface area contributed by atoms with Gasteiger partial charge < -0.3 is 0 Å². The molecule has 0 N–H and O–H groups in total. The van der Waals surface area contributed by atoms with E-state index in [9.17, 15) is 4.79 Å². The standard InChI is InChI=1S/C37H44O/c1-32-11-23-12-33(2,17-32)20-36(15-23,19-32)26-5-6-27-25(9-26)10-29-28(27)7-8-30(31(29)38)37-16-24-13-34(3,21-37)18-35(4,14-24)22-37/h5-10,23-24H,11-22H2,1-4H3. The molecule has 198 valence electrons. The van der Waals surface area contributed by atoms with Crippen molar-refractivity contribution in [1.29, 1.82) is 0 Å². The quantitative estimate of drug-likeness (QED) is 0.392. The van der Waals surface area contributed by atoms with E-state index in [1.807, 2.05) is 0 Å². The Bertz CT molecular complexity index is 1390. The van der Waals surface area contributed by atoms with Crippen LogP contribution in [0.1, 0.15) is 121 Å². The molecule has 0 aliphatic heterocycles. The number of ketones is 1. The van der Waals surface area contributed by atoms with Crippen molar-refractivity contribution >= 4 is 17.4 Å². The van der Waals surface area contributed by atoms with Crippen LogP contribution >= 0.6 is 0 Å². The molecular formula is C37H44O. The summed E-state index contributed by atoms with van der Waals surface area (Å²) in [6.45, 7) is 10.2. The summed E-state index contributed by atoms with van der Waals surface area (Å²) < 4.78 is 0. The van der Waals surface area contributed by atoms with Gasteiger partial charge in [0.05, 0.1) is 0 Å². The van der Waals surface area contributed by atoms with E-state index in [0.29, 0.717) is 32.9 Å². The van der Waals surface area contributed by atoms with Crippen LogP contribution in [0.4, 0.5) is 0 Å². The first-order valence-corrected chi connectivity index (χ1v) is 15.7. The molecule has 0 aromatic heterocycles. The second kappa shape index (κ2) is 6.53. The Kier molecular flexibility index (Phi) is 3.93. The van der Waals surface area contributed by atoms with Gasteiger partial charge in [0.2, 0.25) is 0 Å². The second-order valence-electron chi connectivity index (χ2n) is 17.7. The molecule has 4 unspecified atom stereocenters. The van der Waals surface area contributed by atoms with E-state index in [1.54, 1.807) is 5.56 Å². The van der Waals surface area contributed by atoms with Gasteiger partial charge in [0.1, 0.15) is 0 Å². The van der Waals surface area contributed by atoms with E-state index in [4.69, 9.17) is 0 Å². The molecule has 10 aliphatic rings. The van der Waals surface area contributed by atoms with Crippen LogP contribution in [0.5, 0.6) is 0 Å². The van der Waals surface area contributed by atoms with Gasteiger partial charge in [-0.05, 0) is 144 Å². The van der Waals surface area contributed by atoms with E-state index >= 15 is 0 Å². The summed E-state index contributed by atoms with van der Waals surface area (Å²) in [4.78, 5) is 14.3. The topological polar surface area (TPSA) is 17.1 Å². The molecule has 1 aromatic carbocycles. The second-order valence-corrected chi connectivity index (χ2v) is 17.7. The lowest BCUT2D eigenvalue weighted by Crippen LogP contribution is -2.56. The Morgan fingerprint density at radius 3 is 1.76 bits per heavy atom. The van der Waals surface area contributed by atoms with Crippen molar-refractivity contribution in [3.05, 3.63) is 58.2 Å². The van der Waals surface area contributed by atoms with Gasteiger partial charge in [-0.25, -0.2) is 0 Å². The Morgan fingerprint density at radius 1 is 0.632 bits per heavy atom. The predicted octanol–water partition coefficient (Wildman–Crippen LogP) is 9.22. The van der Waals surface area contributed by atoms with Crippen LogP contribution in [0.3, 0.4) is 0 Å². The molecule has 1 heteroatoms. The van der Waals surface area contributed by atoms with Gasteiger partial charge in [-0.1, -0.05) is 58.0 Å². The maximum Gasteiger partial charge on any atom is 0.190 e. The summed E-state index contributed by atoms with van der Waals surface area (Å²) >= 11 is 0. The van der Waals surface area contributed by atoms with E-state index in [0.717, 1.165) is 23.0 Å². The maximum absolute atomic E-state index is 14.3. The summed E-state index contributed by atoms with van der Waals surface area (Å²) in [5, 5.41) is 0. The van der Waals surface area contributed by atoms with E-state index in [1.165, 1.54) is 93.7 Å². The van der Waals surface area contributed by atoms with Gasteiger partial charge in [-0.3, -0.25) is 4.79 Å². The lowest BCUT2D eigenvalue weighted by molar-refractivity contribution is -0.136. The number of rotatable bonds is 2. The lowest BCUT2D eigenvalue weighted by atomic mass is 9.38. The number of Topliss-reactive ketones (excluding diaryl/α,β-unsaturated/α-hetero) is 1. The summed E-state index contributed by atoms with van der Waals surface area (Å²) in [5.74, 6) is 2.06. The van der Waals surface area contributed by atoms with Crippen molar-refractivity contribution in [2.75, 3.05) is 0 Å². The molecular weight excluding hydrogens is 460 g/mol. The monoisotopic (exact) mass is 504 g/mol.